The highest BCUT2D eigenvalue weighted by atomic mass is 32.2. The van der Waals surface area contributed by atoms with E-state index < -0.39 is 10.0 Å². The van der Waals surface area contributed by atoms with Crippen LogP contribution in [-0.2, 0) is 10.0 Å². The Bertz CT molecular complexity index is 978. The largest absolute Gasteiger partial charge is 0.370 e. The molecule has 0 spiro atoms. The molecule has 0 bridgehead atoms. The fraction of sp³-hybridized carbons (Fsp3) is 0.409. The quantitative estimate of drug-likeness (QED) is 0.811. The summed E-state index contributed by atoms with van der Waals surface area (Å²) in [7, 11) is -3.55. The van der Waals surface area contributed by atoms with Crippen LogP contribution in [0.4, 0.5) is 11.4 Å². The SMILES string of the molecule is O=C(Nc1ccccc1N1CCCCC1)c1cccc(S(=O)(=O)N2CCCC2)c1. The number of rotatable bonds is 5. The van der Waals surface area contributed by atoms with E-state index in [9.17, 15) is 13.2 Å². The number of nitrogens with zero attached hydrogens (tertiary/aromatic N) is 2. The summed E-state index contributed by atoms with van der Waals surface area (Å²) >= 11 is 0. The predicted octanol–water partition coefficient (Wildman–Crippen LogP) is 3.71. The molecule has 4 rings (SSSR count). The Morgan fingerprint density at radius 3 is 2.28 bits per heavy atom. The summed E-state index contributed by atoms with van der Waals surface area (Å²) in [4.78, 5) is 15.4. The lowest BCUT2D eigenvalue weighted by atomic mass is 10.1. The Morgan fingerprint density at radius 2 is 1.52 bits per heavy atom. The number of sulfonamides is 1. The number of amides is 1. The molecule has 0 saturated carbocycles. The van der Waals surface area contributed by atoms with Gasteiger partial charge >= 0.3 is 0 Å². The molecule has 29 heavy (non-hydrogen) atoms. The van der Waals surface area contributed by atoms with Crippen LogP contribution in [0.3, 0.4) is 0 Å². The van der Waals surface area contributed by atoms with E-state index >= 15 is 0 Å². The lowest BCUT2D eigenvalue weighted by molar-refractivity contribution is 0.102. The first-order chi connectivity index (χ1) is 14.1. The Balaban J connectivity index is 1.55. The summed E-state index contributed by atoms with van der Waals surface area (Å²) in [5.41, 5.74) is 2.12. The first-order valence-corrected chi connectivity index (χ1v) is 11.8. The summed E-state index contributed by atoms with van der Waals surface area (Å²) < 4.78 is 27.1. The lowest BCUT2D eigenvalue weighted by Gasteiger charge is -2.30. The lowest BCUT2D eigenvalue weighted by Crippen LogP contribution is -2.30. The molecule has 0 unspecified atom stereocenters. The molecule has 0 atom stereocenters. The average molecular weight is 414 g/mol. The topological polar surface area (TPSA) is 69.7 Å². The molecule has 2 fully saturated rings. The van der Waals surface area contributed by atoms with E-state index in [1.807, 2.05) is 24.3 Å². The van der Waals surface area contributed by atoms with E-state index in [0.717, 1.165) is 50.1 Å². The minimum Gasteiger partial charge on any atom is -0.370 e. The van der Waals surface area contributed by atoms with Gasteiger partial charge in [0.2, 0.25) is 10.0 Å². The van der Waals surface area contributed by atoms with Gasteiger partial charge in [-0.05, 0) is 62.4 Å². The van der Waals surface area contributed by atoms with Crippen LogP contribution in [0, 0.1) is 0 Å². The van der Waals surface area contributed by atoms with Crippen molar-refractivity contribution in [2.45, 2.75) is 37.0 Å². The zero-order valence-corrected chi connectivity index (χ0v) is 17.3. The van der Waals surface area contributed by atoms with Gasteiger partial charge < -0.3 is 10.2 Å². The monoisotopic (exact) mass is 413 g/mol. The Morgan fingerprint density at radius 1 is 0.828 bits per heavy atom. The number of benzene rings is 2. The zero-order chi connectivity index (χ0) is 20.3. The van der Waals surface area contributed by atoms with Crippen LogP contribution in [-0.4, -0.2) is 44.8 Å². The molecule has 7 heteroatoms. The van der Waals surface area contributed by atoms with Crippen LogP contribution >= 0.6 is 0 Å². The van der Waals surface area contributed by atoms with Crippen molar-refractivity contribution >= 4 is 27.3 Å². The van der Waals surface area contributed by atoms with E-state index in [0.29, 0.717) is 18.7 Å². The summed E-state index contributed by atoms with van der Waals surface area (Å²) in [6.07, 6.45) is 5.31. The van der Waals surface area contributed by atoms with Crippen molar-refractivity contribution in [3.63, 3.8) is 0 Å². The van der Waals surface area contributed by atoms with Crippen molar-refractivity contribution in [3.05, 3.63) is 54.1 Å². The van der Waals surface area contributed by atoms with E-state index in [4.69, 9.17) is 0 Å². The molecule has 154 valence electrons. The summed E-state index contributed by atoms with van der Waals surface area (Å²) in [6.45, 7) is 3.05. The molecule has 2 saturated heterocycles. The van der Waals surface area contributed by atoms with Gasteiger partial charge in [-0.3, -0.25) is 4.79 Å². The Labute approximate surface area is 172 Å². The molecule has 0 aromatic heterocycles. The van der Waals surface area contributed by atoms with Crippen molar-refractivity contribution in [2.75, 3.05) is 36.4 Å². The van der Waals surface area contributed by atoms with Gasteiger partial charge in [0.05, 0.1) is 16.3 Å². The maximum atomic E-state index is 12.9. The molecule has 2 aliphatic rings. The normalized spacial score (nSPS) is 18.0. The number of carbonyl (C=O) groups excluding carboxylic acids is 1. The van der Waals surface area contributed by atoms with Crippen LogP contribution in [0.25, 0.3) is 0 Å². The van der Waals surface area contributed by atoms with Gasteiger partial charge in [-0.25, -0.2) is 8.42 Å². The summed E-state index contributed by atoms with van der Waals surface area (Å²) in [5.74, 6) is -0.298. The van der Waals surface area contributed by atoms with Gasteiger partial charge in [0.1, 0.15) is 0 Å². The molecule has 0 aliphatic carbocycles. The van der Waals surface area contributed by atoms with Crippen molar-refractivity contribution in [3.8, 4) is 0 Å². The first-order valence-electron chi connectivity index (χ1n) is 10.3. The number of hydrogen-bond acceptors (Lipinski definition) is 4. The molecule has 1 amide bonds. The molecule has 2 aliphatic heterocycles. The second-order valence-corrected chi connectivity index (χ2v) is 9.60. The van der Waals surface area contributed by atoms with Crippen molar-refractivity contribution < 1.29 is 13.2 Å². The predicted molar refractivity (Wildman–Crippen MR) is 115 cm³/mol. The number of nitrogens with one attached hydrogen (secondary N) is 1. The molecule has 6 nitrogen and oxygen atoms in total. The molecule has 2 aromatic carbocycles. The Kier molecular flexibility index (Phi) is 5.87. The van der Waals surface area contributed by atoms with E-state index in [1.165, 1.54) is 16.8 Å². The van der Waals surface area contributed by atoms with E-state index in [1.54, 1.807) is 18.2 Å². The molecular weight excluding hydrogens is 386 g/mol. The number of para-hydroxylation sites is 2. The maximum absolute atomic E-state index is 12.9. The zero-order valence-electron chi connectivity index (χ0n) is 16.5. The number of carbonyl (C=O) groups is 1. The van der Waals surface area contributed by atoms with Crippen LogP contribution in [0.15, 0.2) is 53.4 Å². The maximum Gasteiger partial charge on any atom is 0.255 e. The molecule has 0 radical (unpaired) electrons. The summed E-state index contributed by atoms with van der Waals surface area (Å²) in [5, 5.41) is 2.98. The third-order valence-corrected chi connectivity index (χ3v) is 7.54. The average Bonchev–Trinajstić information content (AvgIpc) is 3.31. The molecular formula is C22H27N3O3S. The number of hydrogen-bond donors (Lipinski definition) is 1. The van der Waals surface area contributed by atoms with Crippen LogP contribution < -0.4 is 10.2 Å². The van der Waals surface area contributed by atoms with Crippen LogP contribution in [0.2, 0.25) is 0 Å². The third kappa shape index (κ3) is 4.31. The molecule has 1 N–H and O–H groups in total. The van der Waals surface area contributed by atoms with Gasteiger partial charge in [0.15, 0.2) is 0 Å². The summed E-state index contributed by atoms with van der Waals surface area (Å²) in [6, 6.07) is 14.1. The van der Waals surface area contributed by atoms with Gasteiger partial charge in [-0.2, -0.15) is 4.31 Å². The van der Waals surface area contributed by atoms with Crippen LogP contribution in [0.5, 0.6) is 0 Å². The fourth-order valence-electron chi connectivity index (χ4n) is 4.06. The van der Waals surface area contributed by atoms with Crippen molar-refractivity contribution in [2.24, 2.45) is 0 Å². The third-order valence-electron chi connectivity index (χ3n) is 5.65. The first kappa shape index (κ1) is 19.9. The van der Waals surface area contributed by atoms with Crippen LogP contribution in [0.1, 0.15) is 42.5 Å². The van der Waals surface area contributed by atoms with Crippen molar-refractivity contribution in [1.82, 2.24) is 4.31 Å². The molecule has 2 heterocycles. The van der Waals surface area contributed by atoms with Gasteiger partial charge in [0, 0.05) is 31.7 Å². The highest BCUT2D eigenvalue weighted by Gasteiger charge is 2.27. The standard InChI is InChI=1S/C22H27N3O3S/c26-22(23-20-11-2-3-12-21(20)24-13-4-1-5-14-24)18-9-8-10-19(17-18)29(27,28)25-15-6-7-16-25/h2-3,8-12,17H,1,4-7,13-16H2,(H,23,26). The van der Waals surface area contributed by atoms with Gasteiger partial charge in [0.25, 0.3) is 5.91 Å². The number of anilines is 2. The second-order valence-electron chi connectivity index (χ2n) is 7.66. The number of piperidine rings is 1. The fourth-order valence-corrected chi connectivity index (χ4v) is 5.62. The second kappa shape index (κ2) is 8.55. The highest BCUT2D eigenvalue weighted by molar-refractivity contribution is 7.89. The Hall–Kier alpha value is -2.38. The highest BCUT2D eigenvalue weighted by Crippen LogP contribution is 2.29. The minimum absolute atomic E-state index is 0.177. The van der Waals surface area contributed by atoms with Gasteiger partial charge in [-0.1, -0.05) is 18.2 Å². The molecule has 2 aromatic rings. The smallest absolute Gasteiger partial charge is 0.255 e. The van der Waals surface area contributed by atoms with Gasteiger partial charge in [-0.15, -0.1) is 0 Å². The van der Waals surface area contributed by atoms with E-state index in [-0.39, 0.29) is 10.8 Å². The minimum atomic E-state index is -3.55. The van der Waals surface area contributed by atoms with E-state index in [2.05, 4.69) is 10.2 Å². The van der Waals surface area contributed by atoms with Crippen molar-refractivity contribution in [1.29, 1.82) is 0 Å².